The van der Waals surface area contributed by atoms with Gasteiger partial charge in [0.1, 0.15) is 0 Å². The summed E-state index contributed by atoms with van der Waals surface area (Å²) in [6.07, 6.45) is 12.1. The normalized spacial score (nSPS) is 16.2. The predicted octanol–water partition coefficient (Wildman–Crippen LogP) is 1.78. The summed E-state index contributed by atoms with van der Waals surface area (Å²) >= 11 is 0. The van der Waals surface area contributed by atoms with Crippen LogP contribution in [0, 0.1) is 0 Å². The van der Waals surface area contributed by atoms with Gasteiger partial charge < -0.3 is 19.9 Å². The van der Waals surface area contributed by atoms with Crippen molar-refractivity contribution in [2.75, 3.05) is 23.9 Å². The zero-order chi connectivity index (χ0) is 14.5. The molecule has 0 aliphatic heterocycles. The maximum Gasteiger partial charge on any atom is 0.180 e. The summed E-state index contributed by atoms with van der Waals surface area (Å²) in [6.45, 7) is 1.39. The van der Waals surface area contributed by atoms with Crippen molar-refractivity contribution >= 4 is 17.3 Å². The summed E-state index contributed by atoms with van der Waals surface area (Å²) < 4.78 is 7.78. The monoisotopic (exact) mass is 290 g/mol. The summed E-state index contributed by atoms with van der Waals surface area (Å²) in [4.78, 5) is 8.68. The van der Waals surface area contributed by atoms with E-state index in [0.29, 0.717) is 30.9 Å². The molecule has 7 nitrogen and oxygen atoms in total. The molecule has 1 aliphatic carbocycles. The van der Waals surface area contributed by atoms with Crippen LogP contribution in [0.3, 0.4) is 0 Å². The Morgan fingerprint density at radius 3 is 3.00 bits per heavy atom. The van der Waals surface area contributed by atoms with Crippen LogP contribution < -0.4 is 16.6 Å². The average molecular weight is 290 g/mol. The number of hydrazine groups is 1. The van der Waals surface area contributed by atoms with Gasteiger partial charge in [0.15, 0.2) is 17.3 Å². The fourth-order valence-electron chi connectivity index (χ4n) is 2.75. The molecule has 1 saturated carbocycles. The Kier molecular flexibility index (Phi) is 4.52. The topological polar surface area (TPSA) is 89.5 Å². The molecule has 21 heavy (non-hydrogen) atoms. The van der Waals surface area contributed by atoms with Crippen molar-refractivity contribution in [2.45, 2.75) is 38.2 Å². The van der Waals surface area contributed by atoms with Crippen molar-refractivity contribution in [3.63, 3.8) is 0 Å². The van der Waals surface area contributed by atoms with Gasteiger partial charge in [0, 0.05) is 18.9 Å². The molecule has 1 fully saturated rings. The second-order valence-corrected chi connectivity index (χ2v) is 5.33. The second kappa shape index (κ2) is 6.73. The quantitative estimate of drug-likeness (QED) is 0.427. The van der Waals surface area contributed by atoms with E-state index in [2.05, 4.69) is 20.7 Å². The van der Waals surface area contributed by atoms with Crippen LogP contribution >= 0.6 is 0 Å². The zero-order valence-electron chi connectivity index (χ0n) is 12.1. The average Bonchev–Trinajstić information content (AvgIpc) is 3.00. The van der Waals surface area contributed by atoms with Crippen LogP contribution in [0.5, 0.6) is 0 Å². The Hall–Kier alpha value is -1.86. The first kappa shape index (κ1) is 14.1. The highest BCUT2D eigenvalue weighted by Gasteiger charge is 2.13. The highest BCUT2D eigenvalue weighted by molar-refractivity contribution is 5.65. The summed E-state index contributed by atoms with van der Waals surface area (Å²) in [5.41, 5.74) is 3.34. The van der Waals surface area contributed by atoms with E-state index in [4.69, 9.17) is 10.6 Å². The predicted molar refractivity (Wildman–Crippen MR) is 82.1 cm³/mol. The van der Waals surface area contributed by atoms with Crippen LogP contribution in [-0.4, -0.2) is 33.6 Å². The molecule has 0 saturated heterocycles. The molecule has 0 radical (unpaired) electrons. The van der Waals surface area contributed by atoms with Crippen LogP contribution in [-0.2, 0) is 4.74 Å². The lowest BCUT2D eigenvalue weighted by atomic mass is 9.98. The van der Waals surface area contributed by atoms with Crippen molar-refractivity contribution in [1.82, 2.24) is 14.4 Å². The Morgan fingerprint density at radius 2 is 2.19 bits per heavy atom. The highest BCUT2D eigenvalue weighted by atomic mass is 16.5. The van der Waals surface area contributed by atoms with Crippen molar-refractivity contribution < 1.29 is 4.74 Å². The van der Waals surface area contributed by atoms with Crippen molar-refractivity contribution in [3.8, 4) is 0 Å². The van der Waals surface area contributed by atoms with Gasteiger partial charge in [-0.05, 0) is 12.8 Å². The van der Waals surface area contributed by atoms with Crippen LogP contribution in [0.1, 0.15) is 32.1 Å². The van der Waals surface area contributed by atoms with Crippen molar-refractivity contribution in [1.29, 1.82) is 0 Å². The van der Waals surface area contributed by atoms with E-state index in [-0.39, 0.29) is 0 Å². The number of hydrogen-bond donors (Lipinski definition) is 3. The number of anilines is 2. The third-order valence-corrected chi connectivity index (χ3v) is 3.82. The number of fused-ring (bicyclic) bond motifs is 1. The summed E-state index contributed by atoms with van der Waals surface area (Å²) in [5, 5.41) is 3.27. The Morgan fingerprint density at radius 1 is 1.33 bits per heavy atom. The van der Waals surface area contributed by atoms with Gasteiger partial charge in [-0.1, -0.05) is 19.3 Å². The maximum absolute atomic E-state index is 5.90. The number of aromatic nitrogens is 3. The molecule has 2 aromatic heterocycles. The fraction of sp³-hybridized carbons (Fsp3) is 0.571. The number of nitrogens with two attached hydrogens (primary N) is 1. The number of nitrogens with zero attached hydrogens (tertiary/aromatic N) is 3. The van der Waals surface area contributed by atoms with Gasteiger partial charge in [-0.3, -0.25) is 0 Å². The third kappa shape index (κ3) is 3.43. The first-order chi connectivity index (χ1) is 10.4. The molecule has 4 N–H and O–H groups in total. The van der Waals surface area contributed by atoms with Gasteiger partial charge in [-0.25, -0.2) is 15.8 Å². The first-order valence-corrected chi connectivity index (χ1v) is 7.52. The van der Waals surface area contributed by atoms with E-state index in [0.717, 1.165) is 5.65 Å². The van der Waals surface area contributed by atoms with Gasteiger partial charge in [0.05, 0.1) is 18.9 Å². The fourth-order valence-corrected chi connectivity index (χ4v) is 2.75. The largest absolute Gasteiger partial charge is 0.376 e. The molecule has 0 amide bonds. The number of rotatable bonds is 6. The Labute approximate surface area is 123 Å². The molecular formula is C14H22N6O. The van der Waals surface area contributed by atoms with Crippen LogP contribution in [0.25, 0.3) is 5.65 Å². The SMILES string of the molecule is NNc1cn2ccnc2c(NCCOC2CCCCC2)n1. The summed E-state index contributed by atoms with van der Waals surface area (Å²) in [7, 11) is 0. The van der Waals surface area contributed by atoms with Gasteiger partial charge >= 0.3 is 0 Å². The summed E-state index contributed by atoms with van der Waals surface area (Å²) in [5.74, 6) is 6.74. The van der Waals surface area contributed by atoms with E-state index >= 15 is 0 Å². The molecule has 3 rings (SSSR count). The molecule has 114 valence electrons. The molecule has 0 bridgehead atoms. The minimum atomic E-state index is 0.428. The second-order valence-electron chi connectivity index (χ2n) is 5.33. The third-order valence-electron chi connectivity index (χ3n) is 3.82. The Balaban J connectivity index is 1.55. The lowest BCUT2D eigenvalue weighted by molar-refractivity contribution is 0.0347. The smallest absolute Gasteiger partial charge is 0.180 e. The highest BCUT2D eigenvalue weighted by Crippen LogP contribution is 2.20. The van der Waals surface area contributed by atoms with Gasteiger partial charge in [0.25, 0.3) is 0 Å². The van der Waals surface area contributed by atoms with E-state index in [1.807, 2.05) is 10.6 Å². The molecule has 0 unspecified atom stereocenters. The minimum Gasteiger partial charge on any atom is -0.376 e. The number of hydrogen-bond acceptors (Lipinski definition) is 6. The summed E-state index contributed by atoms with van der Waals surface area (Å²) in [6, 6.07) is 0. The molecule has 7 heteroatoms. The van der Waals surface area contributed by atoms with Gasteiger partial charge in [-0.2, -0.15) is 0 Å². The number of imidazole rings is 1. The van der Waals surface area contributed by atoms with Crippen molar-refractivity contribution in [3.05, 3.63) is 18.6 Å². The molecule has 1 aliphatic rings. The van der Waals surface area contributed by atoms with E-state index in [1.54, 1.807) is 12.4 Å². The van der Waals surface area contributed by atoms with Crippen molar-refractivity contribution in [2.24, 2.45) is 5.84 Å². The van der Waals surface area contributed by atoms with Gasteiger partial charge in [-0.15, -0.1) is 0 Å². The standard InChI is InChI=1S/C14H22N6O/c15-19-12-10-20-8-6-17-14(20)13(18-12)16-7-9-21-11-4-2-1-3-5-11/h6,8,10-11,19H,1-5,7,9,15H2,(H,16,18). The lowest BCUT2D eigenvalue weighted by Crippen LogP contribution is -2.21. The Bertz CT molecular complexity index is 578. The van der Waals surface area contributed by atoms with Crippen LogP contribution in [0.4, 0.5) is 11.6 Å². The number of ether oxygens (including phenoxy) is 1. The lowest BCUT2D eigenvalue weighted by Gasteiger charge is -2.22. The molecule has 2 aromatic rings. The van der Waals surface area contributed by atoms with E-state index in [9.17, 15) is 0 Å². The van der Waals surface area contributed by atoms with E-state index < -0.39 is 0 Å². The number of nitrogen functional groups attached to an aromatic ring is 1. The molecule has 0 aromatic carbocycles. The molecular weight excluding hydrogens is 268 g/mol. The van der Waals surface area contributed by atoms with Crippen LogP contribution in [0.15, 0.2) is 18.6 Å². The molecule has 2 heterocycles. The minimum absolute atomic E-state index is 0.428. The van der Waals surface area contributed by atoms with Crippen LogP contribution in [0.2, 0.25) is 0 Å². The van der Waals surface area contributed by atoms with E-state index in [1.165, 1.54) is 32.1 Å². The zero-order valence-corrected chi connectivity index (χ0v) is 12.1. The maximum atomic E-state index is 5.90. The molecule has 0 atom stereocenters. The van der Waals surface area contributed by atoms with Gasteiger partial charge in [0.2, 0.25) is 0 Å². The first-order valence-electron chi connectivity index (χ1n) is 7.52. The number of nitrogens with one attached hydrogen (secondary N) is 2. The molecule has 0 spiro atoms.